The fraction of sp³-hybridized carbons (Fsp3) is 0.150. The van der Waals surface area contributed by atoms with Crippen molar-refractivity contribution < 1.29 is 8.91 Å². The Morgan fingerprint density at radius 1 is 1.10 bits per heavy atom. The first-order chi connectivity index (χ1) is 13.9. The van der Waals surface area contributed by atoms with Gasteiger partial charge >= 0.3 is 0 Å². The predicted octanol–water partition coefficient (Wildman–Crippen LogP) is 3.81. The Balaban J connectivity index is 1.69. The maximum atomic E-state index is 13.5. The van der Waals surface area contributed by atoms with E-state index in [0.717, 1.165) is 23.0 Å². The van der Waals surface area contributed by atoms with E-state index in [0.29, 0.717) is 22.6 Å². The van der Waals surface area contributed by atoms with Crippen molar-refractivity contribution in [2.75, 3.05) is 0 Å². The molecule has 0 saturated heterocycles. The summed E-state index contributed by atoms with van der Waals surface area (Å²) in [6.07, 6.45) is 4.16. The molecule has 0 aliphatic heterocycles. The fourth-order valence-corrected chi connectivity index (χ4v) is 3.10. The molecule has 0 N–H and O–H groups in total. The van der Waals surface area contributed by atoms with E-state index in [2.05, 4.69) is 20.2 Å². The summed E-state index contributed by atoms with van der Waals surface area (Å²) in [6, 6.07) is 6.31. The van der Waals surface area contributed by atoms with E-state index >= 15 is 0 Å². The zero-order valence-corrected chi connectivity index (χ0v) is 16.3. The number of aromatic nitrogens is 5. The molecule has 0 amide bonds. The highest BCUT2D eigenvalue weighted by atomic mass is 35.5. The normalized spacial score (nSPS) is 11.0. The van der Waals surface area contributed by atoms with E-state index in [1.54, 1.807) is 13.1 Å². The van der Waals surface area contributed by atoms with Gasteiger partial charge in [-0.15, -0.1) is 0 Å². The van der Waals surface area contributed by atoms with Gasteiger partial charge in [0, 0.05) is 40.2 Å². The summed E-state index contributed by atoms with van der Waals surface area (Å²) < 4.78 is 20.1. The molecule has 0 atom stereocenters. The van der Waals surface area contributed by atoms with Gasteiger partial charge in [0.25, 0.3) is 5.56 Å². The van der Waals surface area contributed by atoms with Gasteiger partial charge in [0.05, 0.1) is 18.9 Å². The van der Waals surface area contributed by atoms with Crippen LogP contribution < -0.4 is 5.56 Å². The molecule has 4 rings (SSSR count). The van der Waals surface area contributed by atoms with Crippen molar-refractivity contribution >= 4 is 11.6 Å². The van der Waals surface area contributed by atoms with Crippen LogP contribution in [-0.4, -0.2) is 24.9 Å². The molecule has 9 heteroatoms. The number of pyridine rings is 2. The second kappa shape index (κ2) is 7.56. The third-order valence-corrected chi connectivity index (χ3v) is 4.76. The Hall–Kier alpha value is -3.39. The molecule has 4 aromatic heterocycles. The van der Waals surface area contributed by atoms with Gasteiger partial charge in [0.1, 0.15) is 22.4 Å². The van der Waals surface area contributed by atoms with Gasteiger partial charge < -0.3 is 4.52 Å². The number of rotatable bonds is 4. The molecule has 0 radical (unpaired) electrons. The molecule has 4 heterocycles. The minimum absolute atomic E-state index is 0.0920. The van der Waals surface area contributed by atoms with Crippen LogP contribution in [0.25, 0.3) is 22.4 Å². The molecule has 0 fully saturated rings. The first kappa shape index (κ1) is 18.9. The lowest BCUT2D eigenvalue weighted by Crippen LogP contribution is -2.23. The summed E-state index contributed by atoms with van der Waals surface area (Å²) in [5.41, 5.74) is 3.30. The van der Waals surface area contributed by atoms with E-state index < -0.39 is 5.82 Å². The van der Waals surface area contributed by atoms with Crippen molar-refractivity contribution in [1.29, 1.82) is 0 Å². The van der Waals surface area contributed by atoms with Crippen LogP contribution >= 0.6 is 11.6 Å². The smallest absolute Gasteiger partial charge is 0.267 e. The number of aryl methyl sites for hydroxylation is 2. The zero-order valence-electron chi connectivity index (χ0n) is 15.6. The molecule has 29 heavy (non-hydrogen) atoms. The molecule has 0 unspecified atom stereocenters. The monoisotopic (exact) mass is 411 g/mol. The topological polar surface area (TPSA) is 86.7 Å². The minimum Gasteiger partial charge on any atom is -0.361 e. The Morgan fingerprint density at radius 3 is 2.66 bits per heavy atom. The van der Waals surface area contributed by atoms with Crippen LogP contribution in [0, 0.1) is 19.7 Å². The van der Waals surface area contributed by atoms with Crippen molar-refractivity contribution in [3.63, 3.8) is 0 Å². The third-order valence-electron chi connectivity index (χ3n) is 4.46. The van der Waals surface area contributed by atoms with Crippen LogP contribution in [0.5, 0.6) is 0 Å². The minimum atomic E-state index is -0.551. The Labute approximate surface area is 169 Å². The van der Waals surface area contributed by atoms with E-state index in [1.165, 1.54) is 23.0 Å². The average Bonchev–Trinajstić information content (AvgIpc) is 3.06. The summed E-state index contributed by atoms with van der Waals surface area (Å²) in [6.45, 7) is 3.82. The number of hydrogen-bond acceptors (Lipinski definition) is 6. The van der Waals surface area contributed by atoms with Crippen LogP contribution in [-0.2, 0) is 6.54 Å². The van der Waals surface area contributed by atoms with Gasteiger partial charge in [-0.1, -0.05) is 16.8 Å². The van der Waals surface area contributed by atoms with Crippen LogP contribution in [0.1, 0.15) is 17.0 Å². The Kier molecular flexibility index (Phi) is 4.94. The molecule has 0 spiro atoms. The van der Waals surface area contributed by atoms with Crippen molar-refractivity contribution in [3.8, 4) is 22.4 Å². The molecule has 0 aliphatic carbocycles. The molecule has 7 nitrogen and oxygen atoms in total. The molecule has 0 bridgehead atoms. The van der Waals surface area contributed by atoms with Gasteiger partial charge in [-0.3, -0.25) is 9.78 Å². The van der Waals surface area contributed by atoms with E-state index in [-0.39, 0.29) is 17.3 Å². The van der Waals surface area contributed by atoms with Gasteiger partial charge in [0.15, 0.2) is 0 Å². The first-order valence-electron chi connectivity index (χ1n) is 8.69. The molecule has 4 aromatic rings. The zero-order chi connectivity index (χ0) is 20.5. The van der Waals surface area contributed by atoms with Crippen LogP contribution in [0.15, 0.2) is 52.2 Å². The van der Waals surface area contributed by atoms with E-state index in [4.69, 9.17) is 16.1 Å². The predicted molar refractivity (Wildman–Crippen MR) is 105 cm³/mol. The van der Waals surface area contributed by atoms with Gasteiger partial charge in [-0.05, 0) is 32.0 Å². The molecule has 0 aromatic carbocycles. The summed E-state index contributed by atoms with van der Waals surface area (Å²) in [5.74, 6) is 0.0285. The summed E-state index contributed by atoms with van der Waals surface area (Å²) in [7, 11) is 0. The Morgan fingerprint density at radius 2 is 1.93 bits per heavy atom. The average molecular weight is 412 g/mol. The highest BCUT2D eigenvalue weighted by Gasteiger charge is 2.17. The molecule has 0 aliphatic rings. The quantitative estimate of drug-likeness (QED) is 0.474. The number of hydrogen-bond donors (Lipinski definition) is 0. The lowest BCUT2D eigenvalue weighted by Gasteiger charge is -2.08. The van der Waals surface area contributed by atoms with Crippen LogP contribution in [0.3, 0.4) is 0 Å². The van der Waals surface area contributed by atoms with Crippen molar-refractivity contribution in [1.82, 2.24) is 24.9 Å². The lowest BCUT2D eigenvalue weighted by molar-refractivity contribution is 0.397. The van der Waals surface area contributed by atoms with Gasteiger partial charge in [-0.2, -0.15) is 5.10 Å². The highest BCUT2D eigenvalue weighted by Crippen LogP contribution is 2.27. The number of halogens is 2. The number of nitrogens with zero attached hydrogens (tertiary/aromatic N) is 5. The summed E-state index contributed by atoms with van der Waals surface area (Å²) in [5, 5.41) is 8.39. The molecular formula is C20H15ClFN5O2. The molecule has 0 saturated carbocycles. The van der Waals surface area contributed by atoms with Crippen LogP contribution in [0.4, 0.5) is 4.39 Å². The van der Waals surface area contributed by atoms with Crippen molar-refractivity contribution in [2.24, 2.45) is 0 Å². The fourth-order valence-electron chi connectivity index (χ4n) is 2.89. The third kappa shape index (κ3) is 3.79. The maximum Gasteiger partial charge on any atom is 0.267 e. The summed E-state index contributed by atoms with van der Waals surface area (Å²) >= 11 is 6.02. The highest BCUT2D eigenvalue weighted by molar-refractivity contribution is 6.32. The summed E-state index contributed by atoms with van der Waals surface area (Å²) in [4.78, 5) is 20.7. The van der Waals surface area contributed by atoms with Gasteiger partial charge in [0.2, 0.25) is 0 Å². The first-order valence-corrected chi connectivity index (χ1v) is 9.07. The van der Waals surface area contributed by atoms with Gasteiger partial charge in [-0.25, -0.2) is 14.1 Å². The second-order valence-corrected chi connectivity index (χ2v) is 6.84. The van der Waals surface area contributed by atoms with Crippen molar-refractivity contribution in [3.05, 3.63) is 81.2 Å². The lowest BCUT2D eigenvalue weighted by atomic mass is 10.1. The van der Waals surface area contributed by atoms with E-state index in [1.807, 2.05) is 19.1 Å². The van der Waals surface area contributed by atoms with Crippen molar-refractivity contribution in [2.45, 2.75) is 20.4 Å². The second-order valence-electron chi connectivity index (χ2n) is 6.49. The molecular weight excluding hydrogens is 397 g/mol. The van der Waals surface area contributed by atoms with E-state index in [9.17, 15) is 9.18 Å². The largest absolute Gasteiger partial charge is 0.361 e. The standard InChI is InChI=1S/C20H15ClFN5O2/c1-11-3-4-13(7-23-11)19-17(12(2)29-26-19)10-27-18(28)5-14(8-25-27)16-6-15(22)9-24-20(16)21/h3-9H,10H2,1-2H3. The SMILES string of the molecule is Cc1ccc(-c2noc(C)c2Cn2ncc(-c3cc(F)cnc3Cl)cc2=O)cn1. The molecule has 146 valence electrons. The maximum absolute atomic E-state index is 13.5. The van der Waals surface area contributed by atoms with Crippen LogP contribution in [0.2, 0.25) is 5.15 Å². The Bertz CT molecular complexity index is 1250.